The van der Waals surface area contributed by atoms with E-state index >= 15 is 0 Å². The predicted octanol–water partition coefficient (Wildman–Crippen LogP) is 5.78. The van der Waals surface area contributed by atoms with Crippen molar-refractivity contribution < 1.29 is 18.3 Å². The van der Waals surface area contributed by atoms with Crippen LogP contribution in [0.4, 0.5) is 19.6 Å². The van der Waals surface area contributed by atoms with Gasteiger partial charge in [-0.25, -0.2) is 18.8 Å². The monoisotopic (exact) mass is 425 g/mol. The number of aromatic nitrogens is 1. The Morgan fingerprint density at radius 3 is 2.43 bits per heavy atom. The Balaban J connectivity index is 1.85. The third kappa shape index (κ3) is 3.95. The van der Waals surface area contributed by atoms with Crippen LogP contribution < -0.4 is 14.8 Å². The molecule has 30 heavy (non-hydrogen) atoms. The summed E-state index contributed by atoms with van der Waals surface area (Å²) in [5.41, 5.74) is 1.58. The molecule has 4 aromatic rings. The Bertz CT molecular complexity index is 1240. The molecule has 0 unspecified atom stereocenters. The van der Waals surface area contributed by atoms with Gasteiger partial charge in [-0.3, -0.25) is 0 Å². The summed E-state index contributed by atoms with van der Waals surface area (Å²) < 4.78 is 38.8. The number of nitrogens with zero attached hydrogens (tertiary/aromatic N) is 2. The number of anilines is 1. The first-order valence-electron chi connectivity index (χ1n) is 8.96. The van der Waals surface area contributed by atoms with Crippen molar-refractivity contribution in [2.75, 3.05) is 19.5 Å². The molecule has 5 nitrogen and oxygen atoms in total. The minimum absolute atomic E-state index is 0.216. The lowest BCUT2D eigenvalue weighted by Gasteiger charge is -2.15. The molecule has 8 heteroatoms. The number of halogens is 2. The van der Waals surface area contributed by atoms with Gasteiger partial charge < -0.3 is 14.8 Å². The van der Waals surface area contributed by atoms with Gasteiger partial charge in [-0.05, 0) is 24.3 Å². The molecule has 0 saturated carbocycles. The van der Waals surface area contributed by atoms with E-state index in [-0.39, 0.29) is 15.3 Å². The largest absolute Gasteiger partial charge is 0.496 e. The van der Waals surface area contributed by atoms with E-state index in [1.807, 2.05) is 48.5 Å². The standard InChI is InChI=1S/C22H17F2N3O2S/c1-28-18-9-5-3-7-14(18)21(25-16-8-4-6-10-19(16)29-2)27-22-26-17-12-13(23)11-15(24)20(17)30-22/h3-12H,1-2H3,(H,25,26,27). The molecular weight excluding hydrogens is 408 g/mol. The normalized spacial score (nSPS) is 11.5. The van der Waals surface area contributed by atoms with E-state index in [0.29, 0.717) is 28.6 Å². The average molecular weight is 425 g/mol. The van der Waals surface area contributed by atoms with Crippen molar-refractivity contribution in [3.63, 3.8) is 0 Å². The van der Waals surface area contributed by atoms with Gasteiger partial charge in [0.25, 0.3) is 0 Å². The zero-order valence-corrected chi connectivity index (χ0v) is 17.0. The van der Waals surface area contributed by atoms with Crippen molar-refractivity contribution in [1.29, 1.82) is 0 Å². The smallest absolute Gasteiger partial charge is 0.212 e. The molecule has 0 atom stereocenters. The van der Waals surface area contributed by atoms with E-state index in [4.69, 9.17) is 9.47 Å². The number of ether oxygens (including phenoxy) is 2. The van der Waals surface area contributed by atoms with Crippen LogP contribution in [0.1, 0.15) is 5.56 Å². The number of benzene rings is 3. The number of nitrogens with one attached hydrogen (secondary N) is 1. The molecule has 3 aromatic carbocycles. The van der Waals surface area contributed by atoms with Gasteiger partial charge in [0.05, 0.1) is 35.7 Å². The summed E-state index contributed by atoms with van der Waals surface area (Å²) in [6, 6.07) is 16.7. The number of amidine groups is 1. The predicted molar refractivity (Wildman–Crippen MR) is 115 cm³/mol. The summed E-state index contributed by atoms with van der Waals surface area (Å²) >= 11 is 1.04. The number of thiazole rings is 1. The van der Waals surface area contributed by atoms with Gasteiger partial charge in [0.1, 0.15) is 29.0 Å². The van der Waals surface area contributed by atoms with E-state index in [1.165, 1.54) is 6.07 Å². The zero-order chi connectivity index (χ0) is 21.1. The van der Waals surface area contributed by atoms with Crippen molar-refractivity contribution >= 4 is 38.2 Å². The molecule has 1 N–H and O–H groups in total. The minimum Gasteiger partial charge on any atom is -0.496 e. The van der Waals surface area contributed by atoms with Gasteiger partial charge in [0.15, 0.2) is 0 Å². The second-order valence-corrected chi connectivity index (χ2v) is 7.20. The lowest BCUT2D eigenvalue weighted by molar-refractivity contribution is 0.413. The number of hydrogen-bond acceptors (Lipinski definition) is 5. The second kappa shape index (κ2) is 8.46. The fourth-order valence-corrected chi connectivity index (χ4v) is 3.79. The fourth-order valence-electron chi connectivity index (χ4n) is 2.96. The summed E-state index contributed by atoms with van der Waals surface area (Å²) in [6.45, 7) is 0. The van der Waals surface area contributed by atoms with E-state index in [1.54, 1.807) is 14.2 Å². The van der Waals surface area contributed by atoms with Gasteiger partial charge >= 0.3 is 0 Å². The fraction of sp³-hybridized carbons (Fsp3) is 0.0909. The molecule has 4 rings (SSSR count). The number of methoxy groups -OCH3 is 2. The first kappa shape index (κ1) is 19.8. The molecule has 1 aromatic heterocycles. The summed E-state index contributed by atoms with van der Waals surface area (Å²) in [6.07, 6.45) is 0. The highest BCUT2D eigenvalue weighted by atomic mass is 32.1. The van der Waals surface area contributed by atoms with Gasteiger partial charge in [-0.2, -0.15) is 0 Å². The molecule has 0 radical (unpaired) electrons. The Hall–Kier alpha value is -3.52. The summed E-state index contributed by atoms with van der Waals surface area (Å²) in [5.74, 6) is 0.296. The Morgan fingerprint density at radius 2 is 1.67 bits per heavy atom. The summed E-state index contributed by atoms with van der Waals surface area (Å²) in [4.78, 5) is 8.88. The highest BCUT2D eigenvalue weighted by molar-refractivity contribution is 7.22. The number of rotatable bonds is 5. The molecule has 0 saturated heterocycles. The molecule has 0 amide bonds. The van der Waals surface area contributed by atoms with Crippen LogP contribution in [0.15, 0.2) is 65.7 Å². The summed E-state index contributed by atoms with van der Waals surface area (Å²) in [5, 5.41) is 3.53. The third-order valence-electron chi connectivity index (χ3n) is 4.33. The molecular formula is C22H17F2N3O2S. The first-order chi connectivity index (χ1) is 14.6. The topological polar surface area (TPSA) is 55.7 Å². The van der Waals surface area contributed by atoms with Crippen LogP contribution in [0, 0.1) is 11.6 Å². The van der Waals surface area contributed by atoms with Crippen molar-refractivity contribution in [2.24, 2.45) is 4.99 Å². The Kier molecular flexibility index (Phi) is 5.58. The highest BCUT2D eigenvalue weighted by Gasteiger charge is 2.15. The molecule has 152 valence electrons. The van der Waals surface area contributed by atoms with Crippen molar-refractivity contribution in [3.05, 3.63) is 77.9 Å². The number of fused-ring (bicyclic) bond motifs is 1. The van der Waals surface area contributed by atoms with Gasteiger partial charge in [-0.1, -0.05) is 35.6 Å². The third-order valence-corrected chi connectivity index (χ3v) is 5.30. The maximum Gasteiger partial charge on any atom is 0.212 e. The molecule has 0 bridgehead atoms. The Morgan fingerprint density at radius 1 is 0.967 bits per heavy atom. The van der Waals surface area contributed by atoms with Crippen molar-refractivity contribution in [2.45, 2.75) is 0 Å². The molecule has 0 aliphatic carbocycles. The van der Waals surface area contributed by atoms with Crippen LogP contribution in [-0.2, 0) is 0 Å². The van der Waals surface area contributed by atoms with Crippen LogP contribution >= 0.6 is 11.3 Å². The lowest BCUT2D eigenvalue weighted by atomic mass is 10.1. The summed E-state index contributed by atoms with van der Waals surface area (Å²) in [7, 11) is 3.14. The van der Waals surface area contributed by atoms with Crippen LogP contribution in [0.3, 0.4) is 0 Å². The maximum absolute atomic E-state index is 14.1. The maximum atomic E-state index is 14.1. The van der Waals surface area contributed by atoms with Gasteiger partial charge in [0.2, 0.25) is 5.13 Å². The SMILES string of the molecule is COc1ccccc1N/C(=N\c1nc2cc(F)cc(F)c2s1)c1ccccc1OC. The molecule has 0 aliphatic heterocycles. The van der Waals surface area contributed by atoms with Crippen LogP contribution in [-0.4, -0.2) is 25.0 Å². The van der Waals surface area contributed by atoms with Crippen LogP contribution in [0.25, 0.3) is 10.2 Å². The quantitative estimate of drug-likeness (QED) is 0.325. The molecule has 0 fully saturated rings. The molecule has 1 heterocycles. The number of aliphatic imine (C=N–C) groups is 1. The minimum atomic E-state index is -0.682. The van der Waals surface area contributed by atoms with Crippen molar-refractivity contribution in [1.82, 2.24) is 4.98 Å². The van der Waals surface area contributed by atoms with E-state index in [0.717, 1.165) is 17.4 Å². The van der Waals surface area contributed by atoms with Crippen LogP contribution in [0.5, 0.6) is 11.5 Å². The highest BCUT2D eigenvalue weighted by Crippen LogP contribution is 2.33. The van der Waals surface area contributed by atoms with Crippen molar-refractivity contribution in [3.8, 4) is 11.5 Å². The average Bonchev–Trinajstić information content (AvgIpc) is 3.16. The molecule has 0 spiro atoms. The van der Waals surface area contributed by atoms with Gasteiger partial charge in [-0.15, -0.1) is 0 Å². The van der Waals surface area contributed by atoms with E-state index in [9.17, 15) is 8.78 Å². The Labute approximate surface area is 175 Å². The zero-order valence-electron chi connectivity index (χ0n) is 16.1. The van der Waals surface area contributed by atoms with E-state index in [2.05, 4.69) is 15.3 Å². The van der Waals surface area contributed by atoms with E-state index < -0.39 is 11.6 Å². The number of hydrogen-bond donors (Lipinski definition) is 1. The van der Waals surface area contributed by atoms with Gasteiger partial charge in [0, 0.05) is 12.1 Å². The van der Waals surface area contributed by atoms with Crippen LogP contribution in [0.2, 0.25) is 0 Å². The first-order valence-corrected chi connectivity index (χ1v) is 9.78. The second-order valence-electron chi connectivity index (χ2n) is 6.22. The lowest BCUT2D eigenvalue weighted by Crippen LogP contribution is -2.15. The number of para-hydroxylation sites is 3. The molecule has 0 aliphatic rings.